The summed E-state index contributed by atoms with van der Waals surface area (Å²) in [5, 5.41) is 0. The molecule has 0 heterocycles. The van der Waals surface area contributed by atoms with E-state index in [0.29, 0.717) is 6.04 Å². The fraction of sp³-hybridized carbons (Fsp3) is 0.600. The van der Waals surface area contributed by atoms with E-state index in [0.717, 1.165) is 4.47 Å². The van der Waals surface area contributed by atoms with Gasteiger partial charge < -0.3 is 5.73 Å². The van der Waals surface area contributed by atoms with Crippen LogP contribution in [0.2, 0.25) is 0 Å². The van der Waals surface area contributed by atoms with Crippen LogP contribution < -0.4 is 5.73 Å². The fourth-order valence-electron chi connectivity index (χ4n) is 2.47. The number of likely N-dealkylation sites (N-methyl/N-ethyl adjacent to an activating group) is 1. The maximum atomic E-state index is 6.19. The summed E-state index contributed by atoms with van der Waals surface area (Å²) in [4.78, 5) is 2.40. The number of halogens is 1. The molecule has 0 saturated carbocycles. The molecule has 3 atom stereocenters. The van der Waals surface area contributed by atoms with Gasteiger partial charge in [0.1, 0.15) is 0 Å². The second-order valence-corrected chi connectivity index (χ2v) is 6.07. The molecular formula is C15H25BrN2. The van der Waals surface area contributed by atoms with Gasteiger partial charge in [-0.15, -0.1) is 0 Å². The Labute approximate surface area is 120 Å². The minimum absolute atomic E-state index is 0.121. The molecule has 3 heteroatoms. The Morgan fingerprint density at radius 1 is 1.22 bits per heavy atom. The van der Waals surface area contributed by atoms with Gasteiger partial charge in [-0.2, -0.15) is 0 Å². The molecule has 2 N–H and O–H groups in total. The van der Waals surface area contributed by atoms with Crippen molar-refractivity contribution >= 4 is 15.9 Å². The van der Waals surface area contributed by atoms with Crippen LogP contribution in [0, 0.1) is 0 Å². The number of nitrogens with two attached hydrogens (primary N) is 1. The van der Waals surface area contributed by atoms with E-state index in [2.05, 4.69) is 72.9 Å². The molecule has 0 spiro atoms. The van der Waals surface area contributed by atoms with E-state index in [9.17, 15) is 0 Å². The molecule has 0 radical (unpaired) electrons. The average molecular weight is 313 g/mol. The molecule has 0 aliphatic heterocycles. The van der Waals surface area contributed by atoms with Crippen LogP contribution in [0.3, 0.4) is 0 Å². The van der Waals surface area contributed by atoms with Gasteiger partial charge in [0.15, 0.2) is 0 Å². The number of rotatable bonds is 6. The Kier molecular flexibility index (Phi) is 6.33. The monoisotopic (exact) mass is 312 g/mol. The van der Waals surface area contributed by atoms with Crippen LogP contribution >= 0.6 is 15.9 Å². The van der Waals surface area contributed by atoms with Gasteiger partial charge in [-0.3, -0.25) is 4.90 Å². The molecule has 0 saturated heterocycles. The molecular weight excluding hydrogens is 288 g/mol. The number of hydrogen-bond donors (Lipinski definition) is 1. The summed E-state index contributed by atoms with van der Waals surface area (Å²) in [6.07, 6.45) is 2.41. The molecule has 18 heavy (non-hydrogen) atoms. The van der Waals surface area contributed by atoms with Crippen LogP contribution in [0.1, 0.15) is 45.2 Å². The maximum Gasteiger partial charge on any atom is 0.0496 e. The van der Waals surface area contributed by atoms with Crippen molar-refractivity contribution in [1.29, 1.82) is 0 Å². The van der Waals surface area contributed by atoms with E-state index >= 15 is 0 Å². The zero-order chi connectivity index (χ0) is 13.7. The van der Waals surface area contributed by atoms with Crippen molar-refractivity contribution in [3.8, 4) is 0 Å². The van der Waals surface area contributed by atoms with Gasteiger partial charge >= 0.3 is 0 Å². The Bertz CT molecular complexity index is 348. The Morgan fingerprint density at radius 2 is 1.78 bits per heavy atom. The molecule has 2 nitrogen and oxygen atoms in total. The zero-order valence-corrected chi connectivity index (χ0v) is 13.4. The van der Waals surface area contributed by atoms with Gasteiger partial charge in [-0.05, 0) is 45.0 Å². The molecule has 1 aromatic rings. The van der Waals surface area contributed by atoms with Gasteiger partial charge in [-0.1, -0.05) is 41.4 Å². The van der Waals surface area contributed by atoms with Crippen molar-refractivity contribution in [1.82, 2.24) is 4.90 Å². The van der Waals surface area contributed by atoms with Crippen LogP contribution in [0.5, 0.6) is 0 Å². The Morgan fingerprint density at radius 3 is 2.22 bits per heavy atom. The van der Waals surface area contributed by atoms with Crippen molar-refractivity contribution < 1.29 is 0 Å². The smallest absolute Gasteiger partial charge is 0.0496 e. The first-order chi connectivity index (χ1) is 8.47. The minimum atomic E-state index is 0.121. The highest BCUT2D eigenvalue weighted by atomic mass is 79.9. The lowest BCUT2D eigenvalue weighted by atomic mass is 9.97. The second kappa shape index (κ2) is 7.27. The highest BCUT2D eigenvalue weighted by Gasteiger charge is 2.24. The van der Waals surface area contributed by atoms with E-state index in [4.69, 9.17) is 5.73 Å². The van der Waals surface area contributed by atoms with E-state index in [1.165, 1.54) is 18.4 Å². The molecule has 3 unspecified atom stereocenters. The second-order valence-electron chi connectivity index (χ2n) is 5.16. The summed E-state index contributed by atoms with van der Waals surface area (Å²) in [6.45, 7) is 6.59. The first-order valence-corrected chi connectivity index (χ1v) is 7.49. The fourth-order valence-corrected chi connectivity index (χ4v) is 2.73. The van der Waals surface area contributed by atoms with Gasteiger partial charge in [0.2, 0.25) is 0 Å². The molecule has 1 rings (SSSR count). The third-order valence-corrected chi connectivity index (χ3v) is 4.08. The topological polar surface area (TPSA) is 29.3 Å². The SMILES string of the molecule is CCCC(C)N(C)C(c1ccc(Br)cc1)C(C)N. The van der Waals surface area contributed by atoms with E-state index in [-0.39, 0.29) is 12.1 Å². The Hall–Kier alpha value is -0.380. The highest BCUT2D eigenvalue weighted by molar-refractivity contribution is 9.10. The summed E-state index contributed by atoms with van der Waals surface area (Å²) in [5.74, 6) is 0. The zero-order valence-electron chi connectivity index (χ0n) is 11.9. The van der Waals surface area contributed by atoms with Crippen molar-refractivity contribution in [2.45, 2.75) is 51.7 Å². The largest absolute Gasteiger partial charge is 0.326 e. The first-order valence-electron chi connectivity index (χ1n) is 6.70. The maximum absolute atomic E-state index is 6.19. The minimum Gasteiger partial charge on any atom is -0.326 e. The highest BCUT2D eigenvalue weighted by Crippen LogP contribution is 2.26. The van der Waals surface area contributed by atoms with Crippen LogP contribution in [0.4, 0.5) is 0 Å². The van der Waals surface area contributed by atoms with Gasteiger partial charge in [0, 0.05) is 22.6 Å². The summed E-state index contributed by atoms with van der Waals surface area (Å²) in [7, 11) is 2.18. The first kappa shape index (κ1) is 15.7. The molecule has 0 fully saturated rings. The number of benzene rings is 1. The quantitative estimate of drug-likeness (QED) is 0.861. The summed E-state index contributed by atoms with van der Waals surface area (Å²) < 4.78 is 1.11. The predicted molar refractivity (Wildman–Crippen MR) is 82.7 cm³/mol. The van der Waals surface area contributed by atoms with E-state index in [1.54, 1.807) is 0 Å². The summed E-state index contributed by atoms with van der Waals surface area (Å²) in [5.41, 5.74) is 7.48. The summed E-state index contributed by atoms with van der Waals surface area (Å²) in [6, 6.07) is 9.44. The van der Waals surface area contributed by atoms with Crippen molar-refractivity contribution in [2.24, 2.45) is 5.73 Å². The van der Waals surface area contributed by atoms with Gasteiger partial charge in [0.25, 0.3) is 0 Å². The van der Waals surface area contributed by atoms with Crippen LogP contribution in [-0.4, -0.2) is 24.0 Å². The van der Waals surface area contributed by atoms with Gasteiger partial charge in [-0.25, -0.2) is 0 Å². The third kappa shape index (κ3) is 4.08. The predicted octanol–water partition coefficient (Wildman–Crippen LogP) is 3.96. The molecule has 0 amide bonds. The molecule has 0 aliphatic carbocycles. The normalized spacial score (nSPS) is 16.6. The molecule has 0 bridgehead atoms. The Balaban J connectivity index is 2.92. The average Bonchev–Trinajstić information content (AvgIpc) is 2.31. The molecule has 0 aliphatic rings. The van der Waals surface area contributed by atoms with Crippen LogP contribution in [0.25, 0.3) is 0 Å². The number of hydrogen-bond acceptors (Lipinski definition) is 2. The van der Waals surface area contributed by atoms with E-state index in [1.807, 2.05) is 0 Å². The number of nitrogens with zero attached hydrogens (tertiary/aromatic N) is 1. The molecule has 0 aromatic heterocycles. The summed E-state index contributed by atoms with van der Waals surface area (Å²) >= 11 is 3.48. The standard InChI is InChI=1S/C15H25BrN2/c1-5-6-11(2)18(4)15(12(3)17)13-7-9-14(16)10-8-13/h7-12,15H,5-6,17H2,1-4H3. The lowest BCUT2D eigenvalue weighted by Crippen LogP contribution is -2.41. The molecule has 102 valence electrons. The van der Waals surface area contributed by atoms with Crippen molar-refractivity contribution in [2.75, 3.05) is 7.05 Å². The lowest BCUT2D eigenvalue weighted by molar-refractivity contribution is 0.157. The van der Waals surface area contributed by atoms with Crippen molar-refractivity contribution in [3.05, 3.63) is 34.3 Å². The van der Waals surface area contributed by atoms with Crippen molar-refractivity contribution in [3.63, 3.8) is 0 Å². The van der Waals surface area contributed by atoms with Crippen LogP contribution in [0.15, 0.2) is 28.7 Å². The molecule has 1 aromatic carbocycles. The van der Waals surface area contributed by atoms with Gasteiger partial charge in [0.05, 0.1) is 0 Å². The lowest BCUT2D eigenvalue weighted by Gasteiger charge is -2.36. The third-order valence-electron chi connectivity index (χ3n) is 3.55. The van der Waals surface area contributed by atoms with Crippen LogP contribution in [-0.2, 0) is 0 Å². The van der Waals surface area contributed by atoms with E-state index < -0.39 is 0 Å².